The normalized spacial score (nSPS) is 10.9. The van der Waals surface area contributed by atoms with Gasteiger partial charge in [0.25, 0.3) is 0 Å². The number of carbonyl (C=O) groups is 1. The van der Waals surface area contributed by atoms with Crippen molar-refractivity contribution in [1.29, 1.82) is 0 Å². The molecule has 4 nitrogen and oxygen atoms in total. The van der Waals surface area contributed by atoms with E-state index in [2.05, 4.69) is 10.3 Å². The first-order valence-electron chi connectivity index (χ1n) is 8.62. The summed E-state index contributed by atoms with van der Waals surface area (Å²) in [5.74, 6) is -0.309. The van der Waals surface area contributed by atoms with E-state index in [1.807, 2.05) is 26.0 Å². The van der Waals surface area contributed by atoms with Crippen LogP contribution in [-0.2, 0) is 6.61 Å². The lowest BCUT2D eigenvalue weighted by atomic mass is 10.0. The van der Waals surface area contributed by atoms with Crippen LogP contribution in [0, 0.1) is 12.7 Å². The number of benzene rings is 2. The molecule has 0 atom stereocenters. The predicted molar refractivity (Wildman–Crippen MR) is 101 cm³/mol. The van der Waals surface area contributed by atoms with Gasteiger partial charge in [0.1, 0.15) is 5.82 Å². The Bertz CT molecular complexity index is 970. The number of hydrogen-bond donors (Lipinski definition) is 2. The SMILES string of the molecule is CCCC(=O)c1cnc2ccc(CO)cc2c1Nc1ccc(F)cc1C. The van der Waals surface area contributed by atoms with E-state index in [-0.39, 0.29) is 18.2 Å². The van der Waals surface area contributed by atoms with Gasteiger partial charge in [0.2, 0.25) is 0 Å². The number of hydrogen-bond acceptors (Lipinski definition) is 4. The fourth-order valence-corrected chi connectivity index (χ4v) is 2.95. The Hall–Kier alpha value is -2.79. The van der Waals surface area contributed by atoms with Crippen LogP contribution in [0.5, 0.6) is 0 Å². The van der Waals surface area contributed by atoms with Gasteiger partial charge in [-0.25, -0.2) is 4.39 Å². The van der Waals surface area contributed by atoms with E-state index in [4.69, 9.17) is 0 Å². The highest BCUT2D eigenvalue weighted by atomic mass is 19.1. The number of nitrogens with one attached hydrogen (secondary N) is 1. The summed E-state index contributed by atoms with van der Waals surface area (Å²) < 4.78 is 13.4. The molecule has 0 aliphatic heterocycles. The Morgan fingerprint density at radius 1 is 1.23 bits per heavy atom. The molecule has 0 fully saturated rings. The third kappa shape index (κ3) is 3.58. The zero-order valence-electron chi connectivity index (χ0n) is 14.8. The van der Waals surface area contributed by atoms with Gasteiger partial charge in [-0.15, -0.1) is 0 Å². The zero-order valence-corrected chi connectivity index (χ0v) is 14.8. The number of carbonyl (C=O) groups excluding carboxylic acids is 1. The summed E-state index contributed by atoms with van der Waals surface area (Å²) in [6, 6.07) is 9.92. The summed E-state index contributed by atoms with van der Waals surface area (Å²) in [6.07, 6.45) is 2.74. The maximum absolute atomic E-state index is 13.4. The number of halogens is 1. The average molecular weight is 352 g/mol. The Balaban J connectivity index is 2.20. The first kappa shape index (κ1) is 18.0. The molecule has 0 radical (unpaired) electrons. The second kappa shape index (κ2) is 7.62. The minimum Gasteiger partial charge on any atom is -0.392 e. The van der Waals surface area contributed by atoms with Gasteiger partial charge in [0.05, 0.1) is 23.4 Å². The molecule has 0 saturated heterocycles. The fourth-order valence-electron chi connectivity index (χ4n) is 2.95. The molecular formula is C21H21FN2O2. The van der Waals surface area contributed by atoms with Crippen LogP contribution >= 0.6 is 0 Å². The summed E-state index contributed by atoms with van der Waals surface area (Å²) in [5, 5.41) is 13.5. The first-order valence-corrected chi connectivity index (χ1v) is 8.62. The number of fused-ring (bicyclic) bond motifs is 1. The van der Waals surface area contributed by atoms with Gasteiger partial charge >= 0.3 is 0 Å². The largest absolute Gasteiger partial charge is 0.392 e. The molecule has 5 heteroatoms. The van der Waals surface area contributed by atoms with Crippen LogP contribution in [0.3, 0.4) is 0 Å². The molecule has 0 aliphatic carbocycles. The van der Waals surface area contributed by atoms with Crippen molar-refractivity contribution < 1.29 is 14.3 Å². The minimum absolute atomic E-state index is 0.00133. The molecule has 0 saturated carbocycles. The van der Waals surface area contributed by atoms with E-state index >= 15 is 0 Å². The number of aliphatic hydroxyl groups excluding tert-OH is 1. The maximum Gasteiger partial charge on any atom is 0.166 e. The van der Waals surface area contributed by atoms with E-state index in [9.17, 15) is 14.3 Å². The molecule has 2 N–H and O–H groups in total. The van der Waals surface area contributed by atoms with Gasteiger partial charge in [0, 0.05) is 23.7 Å². The Labute approximate surface area is 151 Å². The minimum atomic E-state index is -0.308. The van der Waals surface area contributed by atoms with Crippen molar-refractivity contribution in [3.05, 3.63) is 65.1 Å². The van der Waals surface area contributed by atoms with E-state index in [1.165, 1.54) is 12.1 Å². The highest BCUT2D eigenvalue weighted by molar-refractivity contribution is 6.09. The quantitative estimate of drug-likeness (QED) is 0.619. The number of pyridine rings is 1. The smallest absolute Gasteiger partial charge is 0.166 e. The van der Waals surface area contributed by atoms with E-state index in [0.717, 1.165) is 34.1 Å². The van der Waals surface area contributed by atoms with Crippen molar-refractivity contribution in [1.82, 2.24) is 4.98 Å². The molecule has 134 valence electrons. The Morgan fingerprint density at radius 2 is 2.04 bits per heavy atom. The van der Waals surface area contributed by atoms with Gasteiger partial charge in [0.15, 0.2) is 5.78 Å². The van der Waals surface area contributed by atoms with Crippen LogP contribution in [0.25, 0.3) is 10.9 Å². The van der Waals surface area contributed by atoms with Crippen LogP contribution in [0.15, 0.2) is 42.6 Å². The molecular weight excluding hydrogens is 331 g/mol. The van der Waals surface area contributed by atoms with Gasteiger partial charge in [-0.1, -0.05) is 13.0 Å². The standard InChI is InChI=1S/C21H21FN2O2/c1-3-4-20(26)17-11-23-19-7-5-14(12-25)10-16(19)21(17)24-18-8-6-15(22)9-13(18)2/h5-11,25H,3-4,12H2,1-2H3,(H,23,24). The van der Waals surface area contributed by atoms with Crippen LogP contribution in [0.1, 0.15) is 41.3 Å². The zero-order chi connectivity index (χ0) is 18.7. The van der Waals surface area contributed by atoms with Crippen molar-refractivity contribution in [2.24, 2.45) is 0 Å². The lowest BCUT2D eigenvalue weighted by Crippen LogP contribution is -2.06. The summed E-state index contributed by atoms with van der Waals surface area (Å²) in [5.41, 5.74) is 4.05. The van der Waals surface area contributed by atoms with Gasteiger partial charge in [-0.3, -0.25) is 9.78 Å². The number of aromatic nitrogens is 1. The number of aliphatic hydroxyl groups is 1. The van der Waals surface area contributed by atoms with E-state index in [1.54, 1.807) is 18.3 Å². The molecule has 0 unspecified atom stereocenters. The Kier molecular flexibility index (Phi) is 5.28. The number of anilines is 2. The predicted octanol–water partition coefficient (Wildman–Crippen LogP) is 4.90. The highest BCUT2D eigenvalue weighted by Crippen LogP contribution is 2.32. The average Bonchev–Trinajstić information content (AvgIpc) is 2.63. The van der Waals surface area contributed by atoms with Crippen molar-refractivity contribution in [3.8, 4) is 0 Å². The third-order valence-electron chi connectivity index (χ3n) is 4.34. The molecule has 3 aromatic rings. The summed E-state index contributed by atoms with van der Waals surface area (Å²) >= 11 is 0. The van der Waals surface area contributed by atoms with Crippen molar-refractivity contribution in [3.63, 3.8) is 0 Å². The van der Waals surface area contributed by atoms with E-state index < -0.39 is 0 Å². The molecule has 0 spiro atoms. The van der Waals surface area contributed by atoms with Crippen LogP contribution < -0.4 is 5.32 Å². The molecule has 3 rings (SSSR count). The molecule has 1 aromatic heterocycles. The van der Waals surface area contributed by atoms with Crippen LogP contribution in [0.2, 0.25) is 0 Å². The summed E-state index contributed by atoms with van der Waals surface area (Å²) in [6.45, 7) is 3.66. The lowest BCUT2D eigenvalue weighted by molar-refractivity contribution is 0.0982. The number of aryl methyl sites for hydroxylation is 1. The number of ketones is 1. The topological polar surface area (TPSA) is 62.2 Å². The van der Waals surface area contributed by atoms with E-state index in [0.29, 0.717) is 17.7 Å². The molecule has 26 heavy (non-hydrogen) atoms. The van der Waals surface area contributed by atoms with Crippen molar-refractivity contribution in [2.45, 2.75) is 33.3 Å². The summed E-state index contributed by atoms with van der Waals surface area (Å²) in [4.78, 5) is 17.0. The van der Waals surface area contributed by atoms with Crippen LogP contribution in [0.4, 0.5) is 15.8 Å². The second-order valence-electron chi connectivity index (χ2n) is 6.31. The molecule has 0 amide bonds. The van der Waals surface area contributed by atoms with Crippen molar-refractivity contribution >= 4 is 28.1 Å². The Morgan fingerprint density at radius 3 is 2.73 bits per heavy atom. The van der Waals surface area contributed by atoms with Crippen LogP contribution in [-0.4, -0.2) is 15.9 Å². The molecule has 0 bridgehead atoms. The molecule has 1 heterocycles. The fraction of sp³-hybridized carbons (Fsp3) is 0.238. The number of nitrogens with zero attached hydrogens (tertiary/aromatic N) is 1. The van der Waals surface area contributed by atoms with Gasteiger partial charge < -0.3 is 10.4 Å². The monoisotopic (exact) mass is 352 g/mol. The van der Waals surface area contributed by atoms with Gasteiger partial charge in [-0.05, 0) is 54.8 Å². The molecule has 2 aromatic carbocycles. The number of Topliss-reactive ketones (excluding diaryl/α,β-unsaturated/α-hetero) is 1. The lowest BCUT2D eigenvalue weighted by Gasteiger charge is -2.16. The highest BCUT2D eigenvalue weighted by Gasteiger charge is 2.16. The third-order valence-corrected chi connectivity index (χ3v) is 4.34. The first-order chi connectivity index (χ1) is 12.5. The van der Waals surface area contributed by atoms with Crippen molar-refractivity contribution in [2.75, 3.05) is 5.32 Å². The second-order valence-corrected chi connectivity index (χ2v) is 6.31. The van der Waals surface area contributed by atoms with Gasteiger partial charge in [-0.2, -0.15) is 0 Å². The molecule has 0 aliphatic rings. The maximum atomic E-state index is 13.4. The number of rotatable bonds is 6. The summed E-state index contributed by atoms with van der Waals surface area (Å²) in [7, 11) is 0.